The Morgan fingerprint density at radius 2 is 2.04 bits per heavy atom. The Labute approximate surface area is 158 Å². The molecule has 1 heterocycles. The van der Waals surface area contributed by atoms with E-state index in [1.54, 1.807) is 0 Å². The summed E-state index contributed by atoms with van der Waals surface area (Å²) in [6, 6.07) is 10.0. The van der Waals surface area contributed by atoms with Crippen molar-refractivity contribution in [2.75, 3.05) is 7.11 Å². The van der Waals surface area contributed by atoms with Gasteiger partial charge in [0.2, 0.25) is 0 Å². The van der Waals surface area contributed by atoms with Gasteiger partial charge in [-0.15, -0.1) is 5.10 Å². The first-order valence-electron chi connectivity index (χ1n) is 9.09. The average Bonchev–Trinajstić information content (AvgIpc) is 3.11. The SMILES string of the molecule is CCn1nnc2c(C)c(C(CC(=O)OC)c3ccc(C)c(CO)c3)ccc21. The second-order valence-electron chi connectivity index (χ2n) is 6.73. The maximum Gasteiger partial charge on any atom is 0.306 e. The van der Waals surface area contributed by atoms with Gasteiger partial charge in [-0.3, -0.25) is 4.79 Å². The second kappa shape index (κ2) is 7.88. The number of hydrogen-bond acceptors (Lipinski definition) is 5. The van der Waals surface area contributed by atoms with Gasteiger partial charge in [0.05, 0.1) is 25.7 Å². The Morgan fingerprint density at radius 1 is 1.26 bits per heavy atom. The van der Waals surface area contributed by atoms with Gasteiger partial charge in [0.1, 0.15) is 5.52 Å². The van der Waals surface area contributed by atoms with Gasteiger partial charge in [-0.1, -0.05) is 29.5 Å². The lowest BCUT2D eigenvalue weighted by Crippen LogP contribution is -2.12. The molecule has 2 aromatic carbocycles. The van der Waals surface area contributed by atoms with Crippen LogP contribution < -0.4 is 0 Å². The Hall–Kier alpha value is -2.73. The number of fused-ring (bicyclic) bond motifs is 1. The Kier molecular flexibility index (Phi) is 5.56. The number of ether oxygens (including phenoxy) is 1. The van der Waals surface area contributed by atoms with E-state index in [1.807, 2.05) is 55.8 Å². The number of hydrogen-bond donors (Lipinski definition) is 1. The summed E-state index contributed by atoms with van der Waals surface area (Å²) in [4.78, 5) is 12.1. The van der Waals surface area contributed by atoms with E-state index in [9.17, 15) is 9.90 Å². The number of carbonyl (C=O) groups is 1. The van der Waals surface area contributed by atoms with E-state index < -0.39 is 0 Å². The molecule has 0 bridgehead atoms. The van der Waals surface area contributed by atoms with Crippen LogP contribution in [-0.2, 0) is 22.7 Å². The first-order chi connectivity index (χ1) is 13.0. The molecule has 6 nitrogen and oxygen atoms in total. The second-order valence-corrected chi connectivity index (χ2v) is 6.73. The fourth-order valence-electron chi connectivity index (χ4n) is 3.53. The summed E-state index contributed by atoms with van der Waals surface area (Å²) in [6.45, 7) is 6.72. The minimum absolute atomic E-state index is 0.0343. The molecular formula is C21H25N3O3. The molecule has 0 radical (unpaired) electrons. The highest BCUT2D eigenvalue weighted by atomic mass is 16.5. The third-order valence-corrected chi connectivity index (χ3v) is 5.20. The highest BCUT2D eigenvalue weighted by Crippen LogP contribution is 2.34. The van der Waals surface area contributed by atoms with Crippen LogP contribution in [-0.4, -0.2) is 33.2 Å². The minimum atomic E-state index is -0.275. The van der Waals surface area contributed by atoms with E-state index in [0.717, 1.165) is 45.4 Å². The molecule has 0 amide bonds. The number of benzene rings is 2. The molecule has 3 rings (SSSR count). The number of rotatable bonds is 6. The van der Waals surface area contributed by atoms with Gasteiger partial charge in [0.25, 0.3) is 0 Å². The summed E-state index contributed by atoms with van der Waals surface area (Å²) in [7, 11) is 1.40. The van der Waals surface area contributed by atoms with E-state index in [-0.39, 0.29) is 24.9 Å². The summed E-state index contributed by atoms with van der Waals surface area (Å²) in [6.07, 6.45) is 0.221. The highest BCUT2D eigenvalue weighted by Gasteiger charge is 2.23. The quantitative estimate of drug-likeness (QED) is 0.677. The van der Waals surface area contributed by atoms with Crippen LogP contribution in [0.15, 0.2) is 30.3 Å². The molecule has 1 unspecified atom stereocenters. The van der Waals surface area contributed by atoms with Crippen molar-refractivity contribution >= 4 is 17.0 Å². The predicted octanol–water partition coefficient (Wildman–Crippen LogP) is 3.26. The van der Waals surface area contributed by atoms with Crippen molar-refractivity contribution in [3.8, 4) is 0 Å². The lowest BCUT2D eigenvalue weighted by Gasteiger charge is -2.20. The lowest BCUT2D eigenvalue weighted by molar-refractivity contribution is -0.140. The van der Waals surface area contributed by atoms with Crippen LogP contribution in [0.1, 0.15) is 47.1 Å². The monoisotopic (exact) mass is 367 g/mol. The summed E-state index contributed by atoms with van der Waals surface area (Å²) < 4.78 is 6.79. The number of aliphatic hydroxyl groups is 1. The van der Waals surface area contributed by atoms with Crippen molar-refractivity contribution in [1.82, 2.24) is 15.0 Å². The molecule has 0 aliphatic carbocycles. The number of esters is 1. The number of nitrogens with zero attached hydrogens (tertiary/aromatic N) is 3. The van der Waals surface area contributed by atoms with E-state index in [4.69, 9.17) is 4.74 Å². The molecule has 0 saturated heterocycles. The molecule has 142 valence electrons. The molecule has 3 aromatic rings. The average molecular weight is 367 g/mol. The third kappa shape index (κ3) is 3.57. The highest BCUT2D eigenvalue weighted by molar-refractivity contribution is 5.80. The first kappa shape index (κ1) is 19.0. The normalized spacial score (nSPS) is 12.3. The smallest absolute Gasteiger partial charge is 0.306 e. The molecule has 1 atom stereocenters. The molecule has 1 N–H and O–H groups in total. The third-order valence-electron chi connectivity index (χ3n) is 5.20. The van der Waals surface area contributed by atoms with E-state index >= 15 is 0 Å². The zero-order valence-corrected chi connectivity index (χ0v) is 16.2. The van der Waals surface area contributed by atoms with Crippen LogP contribution in [0.4, 0.5) is 0 Å². The summed E-state index contributed by atoms with van der Waals surface area (Å²) in [5, 5.41) is 18.2. The number of aromatic nitrogens is 3. The maximum atomic E-state index is 12.1. The Balaban J connectivity index is 2.15. The van der Waals surface area contributed by atoms with Crippen molar-refractivity contribution in [1.29, 1.82) is 0 Å². The topological polar surface area (TPSA) is 77.2 Å². The number of methoxy groups -OCH3 is 1. The first-order valence-corrected chi connectivity index (χ1v) is 9.09. The molecule has 0 fully saturated rings. The number of aryl methyl sites for hydroxylation is 3. The van der Waals surface area contributed by atoms with Crippen molar-refractivity contribution in [2.24, 2.45) is 0 Å². The minimum Gasteiger partial charge on any atom is -0.469 e. The largest absolute Gasteiger partial charge is 0.469 e. The van der Waals surface area contributed by atoms with Gasteiger partial charge >= 0.3 is 5.97 Å². The predicted molar refractivity (Wildman–Crippen MR) is 104 cm³/mol. The van der Waals surface area contributed by atoms with Gasteiger partial charge in [0, 0.05) is 12.5 Å². The van der Waals surface area contributed by atoms with Crippen LogP contribution in [0.2, 0.25) is 0 Å². The van der Waals surface area contributed by atoms with Crippen molar-refractivity contribution in [3.63, 3.8) is 0 Å². The lowest BCUT2D eigenvalue weighted by atomic mass is 9.84. The van der Waals surface area contributed by atoms with Crippen LogP contribution in [0.3, 0.4) is 0 Å². The summed E-state index contributed by atoms with van der Waals surface area (Å²) in [5.74, 6) is -0.456. The van der Waals surface area contributed by atoms with Gasteiger partial charge in [-0.05, 0) is 54.7 Å². The van der Waals surface area contributed by atoms with Crippen LogP contribution in [0.25, 0.3) is 11.0 Å². The van der Waals surface area contributed by atoms with Gasteiger partial charge in [-0.25, -0.2) is 4.68 Å². The molecule has 6 heteroatoms. The molecule has 0 spiro atoms. The van der Waals surface area contributed by atoms with Crippen molar-refractivity contribution < 1.29 is 14.6 Å². The fraction of sp³-hybridized carbons (Fsp3) is 0.381. The molecule has 0 aliphatic rings. The van der Waals surface area contributed by atoms with E-state index in [0.29, 0.717) is 0 Å². The van der Waals surface area contributed by atoms with Crippen molar-refractivity contribution in [3.05, 3.63) is 58.1 Å². The molecule has 1 aromatic heterocycles. The zero-order valence-electron chi connectivity index (χ0n) is 16.2. The van der Waals surface area contributed by atoms with Crippen LogP contribution >= 0.6 is 0 Å². The Morgan fingerprint density at radius 3 is 2.70 bits per heavy atom. The Bertz CT molecular complexity index is 978. The van der Waals surface area contributed by atoms with Gasteiger partial charge < -0.3 is 9.84 Å². The zero-order chi connectivity index (χ0) is 19.6. The molecule has 0 aliphatic heterocycles. The van der Waals surface area contributed by atoms with E-state index in [1.165, 1.54) is 7.11 Å². The summed E-state index contributed by atoms with van der Waals surface area (Å²) >= 11 is 0. The van der Waals surface area contributed by atoms with E-state index in [2.05, 4.69) is 10.3 Å². The maximum absolute atomic E-state index is 12.1. The standard InChI is InChI=1S/C21H25N3O3/c1-5-24-19-9-8-17(14(3)21(19)22-23-24)18(11-20(26)27-4)15-7-6-13(2)16(10-15)12-25/h6-10,18,25H,5,11-12H2,1-4H3. The van der Waals surface area contributed by atoms with Crippen LogP contribution in [0, 0.1) is 13.8 Å². The molecule has 0 saturated carbocycles. The molecular weight excluding hydrogens is 342 g/mol. The van der Waals surface area contributed by atoms with Crippen molar-refractivity contribution in [2.45, 2.75) is 46.3 Å². The van der Waals surface area contributed by atoms with Gasteiger partial charge in [0.15, 0.2) is 0 Å². The summed E-state index contributed by atoms with van der Waals surface area (Å²) in [5.41, 5.74) is 6.71. The van der Waals surface area contributed by atoms with Gasteiger partial charge in [-0.2, -0.15) is 0 Å². The van der Waals surface area contributed by atoms with Crippen LogP contribution in [0.5, 0.6) is 0 Å². The molecule has 27 heavy (non-hydrogen) atoms. The fourth-order valence-corrected chi connectivity index (χ4v) is 3.53. The number of carbonyl (C=O) groups excluding carboxylic acids is 1. The number of aliphatic hydroxyl groups excluding tert-OH is 1.